The van der Waals surface area contributed by atoms with E-state index in [0.717, 1.165) is 30.2 Å². The third-order valence-electron chi connectivity index (χ3n) is 6.05. The molecule has 1 saturated heterocycles. The van der Waals surface area contributed by atoms with Crippen LogP contribution in [0.4, 0.5) is 5.82 Å². The SMILES string of the molecule is Cc1nnc(N2CC(c3ccccc3)C3(CCC3)C2)c(C#N)c1C. The second kappa shape index (κ2) is 5.59. The van der Waals surface area contributed by atoms with Crippen LogP contribution in [0.15, 0.2) is 30.3 Å². The molecule has 4 rings (SSSR count). The van der Waals surface area contributed by atoms with Gasteiger partial charge in [-0.05, 0) is 43.2 Å². The summed E-state index contributed by atoms with van der Waals surface area (Å²) in [5.41, 5.74) is 4.23. The van der Waals surface area contributed by atoms with Crippen LogP contribution in [0.3, 0.4) is 0 Å². The zero-order valence-electron chi connectivity index (χ0n) is 14.3. The molecule has 1 saturated carbocycles. The molecular weight excluding hydrogens is 296 g/mol. The monoisotopic (exact) mass is 318 g/mol. The molecule has 1 aromatic heterocycles. The average Bonchev–Trinajstić information content (AvgIpc) is 2.99. The Balaban J connectivity index is 1.73. The molecule has 1 aromatic carbocycles. The Morgan fingerprint density at radius 2 is 1.92 bits per heavy atom. The molecule has 2 aliphatic rings. The number of aromatic nitrogens is 2. The van der Waals surface area contributed by atoms with Gasteiger partial charge in [-0.15, -0.1) is 5.10 Å². The first-order valence-electron chi connectivity index (χ1n) is 8.68. The maximum atomic E-state index is 9.62. The van der Waals surface area contributed by atoms with Gasteiger partial charge in [0, 0.05) is 19.0 Å². The predicted octanol–water partition coefficient (Wildman–Crippen LogP) is 3.74. The summed E-state index contributed by atoms with van der Waals surface area (Å²) in [5.74, 6) is 1.28. The van der Waals surface area contributed by atoms with E-state index in [4.69, 9.17) is 0 Å². The van der Waals surface area contributed by atoms with Gasteiger partial charge in [0.2, 0.25) is 0 Å². The molecule has 4 heteroatoms. The molecule has 0 bridgehead atoms. The highest BCUT2D eigenvalue weighted by molar-refractivity contribution is 5.59. The molecule has 0 N–H and O–H groups in total. The van der Waals surface area contributed by atoms with E-state index in [2.05, 4.69) is 51.5 Å². The summed E-state index contributed by atoms with van der Waals surface area (Å²) in [4.78, 5) is 2.30. The fourth-order valence-electron chi connectivity index (χ4n) is 4.36. The molecule has 2 fully saturated rings. The first kappa shape index (κ1) is 15.1. The number of aryl methyl sites for hydroxylation is 1. The van der Waals surface area contributed by atoms with Crippen LogP contribution >= 0.6 is 0 Å². The molecule has 0 amide bonds. The van der Waals surface area contributed by atoms with E-state index in [9.17, 15) is 5.26 Å². The first-order valence-corrected chi connectivity index (χ1v) is 8.68. The maximum Gasteiger partial charge on any atom is 0.169 e. The molecule has 24 heavy (non-hydrogen) atoms. The van der Waals surface area contributed by atoms with Crippen LogP contribution in [0.2, 0.25) is 0 Å². The van der Waals surface area contributed by atoms with Crippen LogP contribution in [0.25, 0.3) is 0 Å². The molecule has 2 aromatic rings. The first-order chi connectivity index (χ1) is 11.6. The van der Waals surface area contributed by atoms with Crippen LogP contribution in [0.1, 0.15) is 47.6 Å². The molecule has 122 valence electrons. The number of rotatable bonds is 2. The van der Waals surface area contributed by atoms with Gasteiger partial charge in [0.15, 0.2) is 5.82 Å². The van der Waals surface area contributed by atoms with Gasteiger partial charge < -0.3 is 4.90 Å². The quantitative estimate of drug-likeness (QED) is 0.846. The lowest BCUT2D eigenvalue weighted by molar-refractivity contribution is 0.139. The topological polar surface area (TPSA) is 52.8 Å². The maximum absolute atomic E-state index is 9.62. The van der Waals surface area contributed by atoms with E-state index in [1.54, 1.807) is 0 Å². The van der Waals surface area contributed by atoms with Crippen molar-refractivity contribution in [2.45, 2.75) is 39.0 Å². The number of hydrogen-bond acceptors (Lipinski definition) is 4. The van der Waals surface area contributed by atoms with E-state index in [1.165, 1.54) is 24.8 Å². The predicted molar refractivity (Wildman–Crippen MR) is 93.9 cm³/mol. The third kappa shape index (κ3) is 2.19. The number of hydrogen-bond donors (Lipinski definition) is 0. The summed E-state index contributed by atoms with van der Waals surface area (Å²) in [6.07, 6.45) is 3.84. The lowest BCUT2D eigenvalue weighted by Gasteiger charge is -2.43. The van der Waals surface area contributed by atoms with Gasteiger partial charge in [-0.1, -0.05) is 36.8 Å². The molecule has 1 unspecified atom stereocenters. The third-order valence-corrected chi connectivity index (χ3v) is 6.05. The van der Waals surface area contributed by atoms with Crippen LogP contribution < -0.4 is 4.90 Å². The summed E-state index contributed by atoms with van der Waals surface area (Å²) in [5, 5.41) is 18.3. The Labute approximate surface area is 143 Å². The molecule has 0 radical (unpaired) electrons. The van der Waals surface area contributed by atoms with E-state index in [0.29, 0.717) is 16.9 Å². The number of anilines is 1. The zero-order valence-corrected chi connectivity index (χ0v) is 14.3. The number of nitriles is 1. The van der Waals surface area contributed by atoms with Gasteiger partial charge in [-0.25, -0.2) is 0 Å². The van der Waals surface area contributed by atoms with E-state index < -0.39 is 0 Å². The minimum atomic E-state index is 0.342. The number of benzene rings is 1. The van der Waals surface area contributed by atoms with Crippen molar-refractivity contribution in [3.05, 3.63) is 52.7 Å². The minimum absolute atomic E-state index is 0.342. The van der Waals surface area contributed by atoms with Crippen molar-refractivity contribution >= 4 is 5.82 Å². The second-order valence-corrected chi connectivity index (χ2v) is 7.28. The van der Waals surface area contributed by atoms with Crippen molar-refractivity contribution in [1.82, 2.24) is 10.2 Å². The van der Waals surface area contributed by atoms with Gasteiger partial charge in [-0.2, -0.15) is 10.4 Å². The molecule has 1 aliphatic carbocycles. The highest BCUT2D eigenvalue weighted by Crippen LogP contribution is 2.56. The van der Waals surface area contributed by atoms with Crippen molar-refractivity contribution in [3.8, 4) is 6.07 Å². The minimum Gasteiger partial charge on any atom is -0.353 e. The number of nitrogens with zero attached hydrogens (tertiary/aromatic N) is 4. The summed E-state index contributed by atoms with van der Waals surface area (Å²) < 4.78 is 0. The van der Waals surface area contributed by atoms with Gasteiger partial charge in [0.1, 0.15) is 11.6 Å². The van der Waals surface area contributed by atoms with Gasteiger partial charge in [0.25, 0.3) is 0 Å². The molecule has 2 heterocycles. The van der Waals surface area contributed by atoms with Crippen LogP contribution in [-0.4, -0.2) is 23.3 Å². The van der Waals surface area contributed by atoms with E-state index in [-0.39, 0.29) is 0 Å². The highest BCUT2D eigenvalue weighted by Gasteiger charge is 2.51. The van der Waals surface area contributed by atoms with Gasteiger partial charge >= 0.3 is 0 Å². The fourth-order valence-corrected chi connectivity index (χ4v) is 4.36. The largest absolute Gasteiger partial charge is 0.353 e. The molecule has 1 atom stereocenters. The molecular formula is C20H22N4. The smallest absolute Gasteiger partial charge is 0.169 e. The Morgan fingerprint density at radius 3 is 2.54 bits per heavy atom. The average molecular weight is 318 g/mol. The summed E-state index contributed by atoms with van der Waals surface area (Å²) in [6, 6.07) is 13.2. The Kier molecular flexibility index (Phi) is 3.53. The standard InChI is InChI=1S/C20H22N4/c1-14-15(2)22-23-19(17(14)11-21)24-12-18(16-7-4-3-5-8-16)20(13-24)9-6-10-20/h3-5,7-8,18H,6,9-10,12-13H2,1-2H3. The van der Waals surface area contributed by atoms with Crippen molar-refractivity contribution in [2.24, 2.45) is 5.41 Å². The second-order valence-electron chi connectivity index (χ2n) is 7.28. The van der Waals surface area contributed by atoms with Gasteiger partial charge in [0.05, 0.1) is 5.69 Å². The molecule has 4 nitrogen and oxygen atoms in total. The summed E-state index contributed by atoms with van der Waals surface area (Å²) in [7, 11) is 0. The van der Waals surface area contributed by atoms with Crippen LogP contribution in [0.5, 0.6) is 0 Å². The summed E-state index contributed by atoms with van der Waals surface area (Å²) >= 11 is 0. The fraction of sp³-hybridized carbons (Fsp3) is 0.450. The van der Waals surface area contributed by atoms with E-state index >= 15 is 0 Å². The Morgan fingerprint density at radius 1 is 1.17 bits per heavy atom. The lowest BCUT2D eigenvalue weighted by atomic mass is 9.61. The normalized spacial score (nSPS) is 21.5. The van der Waals surface area contributed by atoms with Crippen molar-refractivity contribution in [1.29, 1.82) is 5.26 Å². The van der Waals surface area contributed by atoms with Crippen LogP contribution in [-0.2, 0) is 0 Å². The van der Waals surface area contributed by atoms with E-state index in [1.807, 2.05) is 13.8 Å². The van der Waals surface area contributed by atoms with Crippen molar-refractivity contribution in [3.63, 3.8) is 0 Å². The highest BCUT2D eigenvalue weighted by atomic mass is 15.3. The van der Waals surface area contributed by atoms with Crippen LogP contribution in [0, 0.1) is 30.6 Å². The zero-order chi connectivity index (χ0) is 16.7. The Bertz CT molecular complexity index is 802. The molecule has 1 spiro atoms. The van der Waals surface area contributed by atoms with Crippen molar-refractivity contribution in [2.75, 3.05) is 18.0 Å². The van der Waals surface area contributed by atoms with Gasteiger partial charge in [-0.3, -0.25) is 0 Å². The van der Waals surface area contributed by atoms with Crippen molar-refractivity contribution < 1.29 is 0 Å². The summed E-state index contributed by atoms with van der Waals surface area (Å²) in [6.45, 7) is 5.79. The molecule has 1 aliphatic heterocycles. The lowest BCUT2D eigenvalue weighted by Crippen LogP contribution is -2.36. The Hall–Kier alpha value is -2.41.